The molecule has 6 heteroatoms. The van der Waals surface area contributed by atoms with E-state index in [1.807, 2.05) is 44.2 Å². The molecule has 0 aliphatic heterocycles. The number of halogens is 1. The Morgan fingerprint density at radius 3 is 2.46 bits per heavy atom. The summed E-state index contributed by atoms with van der Waals surface area (Å²) in [6, 6.07) is 15.8. The van der Waals surface area contributed by atoms with E-state index in [2.05, 4.69) is 5.32 Å². The lowest BCUT2D eigenvalue weighted by atomic mass is 10.1. The highest BCUT2D eigenvalue weighted by Crippen LogP contribution is 2.16. The zero-order valence-electron chi connectivity index (χ0n) is 16.5. The van der Waals surface area contributed by atoms with Crippen molar-refractivity contribution in [3.63, 3.8) is 0 Å². The fourth-order valence-electron chi connectivity index (χ4n) is 2.62. The van der Waals surface area contributed by atoms with Crippen molar-refractivity contribution in [2.24, 2.45) is 0 Å². The molecule has 5 nitrogen and oxygen atoms in total. The highest BCUT2D eigenvalue weighted by atomic mass is 35.5. The maximum absolute atomic E-state index is 12.9. The monoisotopic (exact) mass is 402 g/mol. The first-order valence-corrected chi connectivity index (χ1v) is 9.80. The summed E-state index contributed by atoms with van der Waals surface area (Å²) in [6.45, 7) is 5.78. The van der Waals surface area contributed by atoms with Gasteiger partial charge in [0.1, 0.15) is 11.8 Å². The molecule has 0 saturated carbocycles. The molecule has 0 aliphatic carbocycles. The van der Waals surface area contributed by atoms with Crippen LogP contribution in [-0.4, -0.2) is 35.4 Å². The largest absolute Gasteiger partial charge is 0.484 e. The van der Waals surface area contributed by atoms with Gasteiger partial charge in [-0.3, -0.25) is 9.59 Å². The fourth-order valence-corrected chi connectivity index (χ4v) is 2.84. The van der Waals surface area contributed by atoms with Crippen molar-refractivity contribution in [1.82, 2.24) is 10.2 Å². The van der Waals surface area contributed by atoms with Gasteiger partial charge in [0.15, 0.2) is 6.61 Å². The molecule has 2 unspecified atom stereocenters. The van der Waals surface area contributed by atoms with E-state index in [4.69, 9.17) is 16.3 Å². The van der Waals surface area contributed by atoms with Crippen molar-refractivity contribution in [1.29, 1.82) is 0 Å². The highest BCUT2D eigenvalue weighted by Gasteiger charge is 2.27. The smallest absolute Gasteiger partial charge is 0.261 e. The number of hydrogen-bond donors (Lipinski definition) is 1. The van der Waals surface area contributed by atoms with Gasteiger partial charge in [-0.2, -0.15) is 0 Å². The molecule has 2 aromatic rings. The molecule has 0 bridgehead atoms. The second-order valence-electron chi connectivity index (χ2n) is 6.75. The molecule has 2 atom stereocenters. The molecule has 0 heterocycles. The highest BCUT2D eigenvalue weighted by molar-refractivity contribution is 6.30. The summed E-state index contributed by atoms with van der Waals surface area (Å²) < 4.78 is 5.59. The van der Waals surface area contributed by atoms with Crippen LogP contribution in [-0.2, 0) is 16.1 Å². The standard InChI is InChI=1S/C22H27ClN2O3/c1-4-16(2)24-22(27)17(3)25(14-18-9-8-10-19(23)13-18)21(26)15-28-20-11-6-5-7-12-20/h5-13,16-17H,4,14-15H2,1-3H3,(H,24,27). The van der Waals surface area contributed by atoms with Crippen LogP contribution in [0.2, 0.25) is 5.02 Å². The number of carbonyl (C=O) groups excluding carboxylic acids is 2. The van der Waals surface area contributed by atoms with Crippen molar-refractivity contribution in [3.05, 3.63) is 65.2 Å². The predicted octanol–water partition coefficient (Wildman–Crippen LogP) is 4.05. The molecular weight excluding hydrogens is 376 g/mol. The minimum absolute atomic E-state index is 0.0404. The van der Waals surface area contributed by atoms with Crippen LogP contribution in [0.1, 0.15) is 32.8 Å². The SMILES string of the molecule is CCC(C)NC(=O)C(C)N(Cc1cccc(Cl)c1)C(=O)COc1ccccc1. The Hall–Kier alpha value is -2.53. The van der Waals surface area contributed by atoms with Gasteiger partial charge in [-0.25, -0.2) is 0 Å². The van der Waals surface area contributed by atoms with Crippen LogP contribution in [0.15, 0.2) is 54.6 Å². The Labute approximate surface area is 171 Å². The van der Waals surface area contributed by atoms with Crippen LogP contribution < -0.4 is 10.1 Å². The average Bonchev–Trinajstić information content (AvgIpc) is 2.70. The lowest BCUT2D eigenvalue weighted by molar-refractivity contribution is -0.142. The van der Waals surface area contributed by atoms with Gasteiger partial charge in [-0.05, 0) is 50.1 Å². The fraction of sp³-hybridized carbons (Fsp3) is 0.364. The van der Waals surface area contributed by atoms with Gasteiger partial charge >= 0.3 is 0 Å². The Bertz CT molecular complexity index is 782. The minimum Gasteiger partial charge on any atom is -0.484 e. The molecule has 0 aliphatic rings. The molecule has 28 heavy (non-hydrogen) atoms. The van der Waals surface area contributed by atoms with E-state index in [1.165, 1.54) is 4.90 Å². The van der Waals surface area contributed by atoms with Crippen LogP contribution in [0.3, 0.4) is 0 Å². The third-order valence-electron chi connectivity index (χ3n) is 4.52. The van der Waals surface area contributed by atoms with Crippen molar-refractivity contribution < 1.29 is 14.3 Å². The van der Waals surface area contributed by atoms with E-state index >= 15 is 0 Å². The van der Waals surface area contributed by atoms with Crippen molar-refractivity contribution in [2.75, 3.05) is 6.61 Å². The molecule has 0 spiro atoms. The lowest BCUT2D eigenvalue weighted by Gasteiger charge is -2.29. The summed E-state index contributed by atoms with van der Waals surface area (Å²) in [6.07, 6.45) is 0.817. The molecule has 0 aromatic heterocycles. The van der Waals surface area contributed by atoms with E-state index in [1.54, 1.807) is 31.2 Å². The van der Waals surface area contributed by atoms with Gasteiger partial charge in [0.2, 0.25) is 5.91 Å². The summed E-state index contributed by atoms with van der Waals surface area (Å²) >= 11 is 6.07. The molecular formula is C22H27ClN2O3. The molecule has 1 N–H and O–H groups in total. The van der Waals surface area contributed by atoms with E-state index in [9.17, 15) is 9.59 Å². The molecule has 2 amide bonds. The van der Waals surface area contributed by atoms with Crippen LogP contribution in [0.5, 0.6) is 5.75 Å². The van der Waals surface area contributed by atoms with Crippen molar-refractivity contribution >= 4 is 23.4 Å². The number of hydrogen-bond acceptors (Lipinski definition) is 3. The third-order valence-corrected chi connectivity index (χ3v) is 4.75. The van der Waals surface area contributed by atoms with Gasteiger partial charge < -0.3 is 15.0 Å². The van der Waals surface area contributed by atoms with E-state index < -0.39 is 6.04 Å². The number of para-hydroxylation sites is 1. The van der Waals surface area contributed by atoms with Crippen LogP contribution >= 0.6 is 11.6 Å². The van der Waals surface area contributed by atoms with E-state index in [0.717, 1.165) is 12.0 Å². The molecule has 0 saturated heterocycles. The first kappa shape index (κ1) is 21.8. The first-order chi connectivity index (χ1) is 13.4. The quantitative estimate of drug-likeness (QED) is 0.688. The second-order valence-corrected chi connectivity index (χ2v) is 7.18. The van der Waals surface area contributed by atoms with Gasteiger partial charge in [-0.15, -0.1) is 0 Å². The Morgan fingerprint density at radius 2 is 1.82 bits per heavy atom. The topological polar surface area (TPSA) is 58.6 Å². The predicted molar refractivity (Wildman–Crippen MR) is 111 cm³/mol. The number of nitrogens with one attached hydrogen (secondary N) is 1. The van der Waals surface area contributed by atoms with Gasteiger partial charge in [0, 0.05) is 17.6 Å². The van der Waals surface area contributed by atoms with Crippen LogP contribution in [0.4, 0.5) is 0 Å². The number of carbonyl (C=O) groups is 2. The maximum Gasteiger partial charge on any atom is 0.261 e. The first-order valence-electron chi connectivity index (χ1n) is 9.42. The average molecular weight is 403 g/mol. The Balaban J connectivity index is 2.14. The Morgan fingerprint density at radius 1 is 1.11 bits per heavy atom. The molecule has 2 rings (SSSR count). The zero-order valence-corrected chi connectivity index (χ0v) is 17.3. The van der Waals surface area contributed by atoms with Gasteiger partial charge in [-0.1, -0.05) is 48.9 Å². The summed E-state index contributed by atoms with van der Waals surface area (Å²) in [4.78, 5) is 27.0. The summed E-state index contributed by atoms with van der Waals surface area (Å²) in [7, 11) is 0. The maximum atomic E-state index is 12.9. The molecule has 0 radical (unpaired) electrons. The number of rotatable bonds is 9. The van der Waals surface area contributed by atoms with Gasteiger partial charge in [0.25, 0.3) is 5.91 Å². The molecule has 0 fully saturated rings. The molecule has 150 valence electrons. The summed E-state index contributed by atoms with van der Waals surface area (Å²) in [5, 5.41) is 3.52. The number of ether oxygens (including phenoxy) is 1. The Kier molecular flexibility index (Phi) is 8.33. The van der Waals surface area contributed by atoms with Gasteiger partial charge in [0.05, 0.1) is 0 Å². The number of benzene rings is 2. The molecule has 2 aromatic carbocycles. The lowest BCUT2D eigenvalue weighted by Crippen LogP contribution is -2.50. The van der Waals surface area contributed by atoms with Crippen molar-refractivity contribution in [2.45, 2.75) is 45.8 Å². The van der Waals surface area contributed by atoms with E-state index in [-0.39, 0.29) is 31.0 Å². The summed E-state index contributed by atoms with van der Waals surface area (Å²) in [5.74, 6) is 0.148. The summed E-state index contributed by atoms with van der Waals surface area (Å²) in [5.41, 5.74) is 0.851. The number of amides is 2. The third kappa shape index (κ3) is 6.57. The minimum atomic E-state index is -0.639. The van der Waals surface area contributed by atoms with E-state index in [0.29, 0.717) is 10.8 Å². The van der Waals surface area contributed by atoms with Crippen LogP contribution in [0.25, 0.3) is 0 Å². The van der Waals surface area contributed by atoms with Crippen LogP contribution in [0, 0.1) is 0 Å². The van der Waals surface area contributed by atoms with Crippen molar-refractivity contribution in [3.8, 4) is 5.75 Å². The zero-order chi connectivity index (χ0) is 20.5. The number of nitrogens with zero attached hydrogens (tertiary/aromatic N) is 1. The second kappa shape index (κ2) is 10.7. The normalized spacial score (nSPS) is 12.7.